The summed E-state index contributed by atoms with van der Waals surface area (Å²) in [6.45, 7) is 3.27. The molecule has 150 valence electrons. The van der Waals surface area contributed by atoms with E-state index in [1.807, 2.05) is 24.3 Å². The summed E-state index contributed by atoms with van der Waals surface area (Å²) >= 11 is 0. The van der Waals surface area contributed by atoms with Gasteiger partial charge in [0.2, 0.25) is 0 Å². The molecule has 0 unspecified atom stereocenters. The van der Waals surface area contributed by atoms with Crippen LogP contribution in [0.25, 0.3) is 0 Å². The lowest BCUT2D eigenvalue weighted by molar-refractivity contribution is 0.102. The maximum Gasteiger partial charge on any atom is 0.256 e. The Morgan fingerprint density at radius 1 is 0.966 bits per heavy atom. The number of carbonyl (C=O) groups is 1. The molecule has 0 spiro atoms. The minimum Gasteiger partial charge on any atom is -0.319 e. The SMILES string of the molecule is O=C(Nc1cnn(Cc2ccccc2F)c1)c1ccccc1CN1CCCCC1. The first-order chi connectivity index (χ1) is 14.2. The third-order valence-corrected chi connectivity index (χ3v) is 5.29. The van der Waals surface area contributed by atoms with E-state index in [0.717, 1.165) is 25.2 Å². The Bertz CT molecular complexity index is 978. The van der Waals surface area contributed by atoms with Crippen molar-refractivity contribution < 1.29 is 9.18 Å². The summed E-state index contributed by atoms with van der Waals surface area (Å²) in [5, 5.41) is 7.16. The standard InChI is InChI=1S/C23H25FN4O/c24-22-11-5-3-9-19(22)16-28-17-20(14-25-28)26-23(29)21-10-4-2-8-18(21)15-27-12-6-1-7-13-27/h2-5,8-11,14,17H,1,6-7,12-13,15-16H2,(H,26,29). The molecular weight excluding hydrogens is 367 g/mol. The Morgan fingerprint density at radius 2 is 1.69 bits per heavy atom. The second-order valence-electron chi connectivity index (χ2n) is 7.47. The third kappa shape index (κ3) is 4.90. The zero-order valence-electron chi connectivity index (χ0n) is 16.4. The molecule has 3 aromatic rings. The smallest absolute Gasteiger partial charge is 0.256 e. The van der Waals surface area contributed by atoms with Crippen molar-refractivity contribution in [2.24, 2.45) is 0 Å². The lowest BCUT2D eigenvalue weighted by atomic mass is 10.0. The maximum absolute atomic E-state index is 13.8. The monoisotopic (exact) mass is 392 g/mol. The number of hydrogen-bond donors (Lipinski definition) is 1. The van der Waals surface area contributed by atoms with E-state index < -0.39 is 0 Å². The van der Waals surface area contributed by atoms with E-state index in [-0.39, 0.29) is 11.7 Å². The summed E-state index contributed by atoms with van der Waals surface area (Å²) in [4.78, 5) is 15.3. The van der Waals surface area contributed by atoms with Gasteiger partial charge in [0.1, 0.15) is 5.82 Å². The molecule has 1 aliphatic rings. The Hall–Kier alpha value is -2.99. The molecule has 4 rings (SSSR count). The predicted molar refractivity (Wildman–Crippen MR) is 111 cm³/mol. The molecule has 29 heavy (non-hydrogen) atoms. The average molecular weight is 392 g/mol. The van der Waals surface area contributed by atoms with Crippen LogP contribution < -0.4 is 5.32 Å². The number of halogens is 1. The molecule has 0 aliphatic carbocycles. The van der Waals surface area contributed by atoms with Crippen molar-refractivity contribution in [3.05, 3.63) is 83.4 Å². The Balaban J connectivity index is 1.43. The second kappa shape index (κ2) is 9.01. The number of nitrogens with one attached hydrogen (secondary N) is 1. The van der Waals surface area contributed by atoms with Gasteiger partial charge in [0.15, 0.2) is 0 Å². The van der Waals surface area contributed by atoms with Crippen LogP contribution in [0, 0.1) is 5.82 Å². The fraction of sp³-hybridized carbons (Fsp3) is 0.304. The number of carbonyl (C=O) groups excluding carboxylic acids is 1. The molecule has 0 atom stereocenters. The molecule has 1 amide bonds. The van der Waals surface area contributed by atoms with Crippen molar-refractivity contribution >= 4 is 11.6 Å². The van der Waals surface area contributed by atoms with Crippen LogP contribution in [0.5, 0.6) is 0 Å². The number of amides is 1. The summed E-state index contributed by atoms with van der Waals surface area (Å²) in [7, 11) is 0. The van der Waals surface area contributed by atoms with Crippen molar-refractivity contribution in [3.8, 4) is 0 Å². The zero-order chi connectivity index (χ0) is 20.1. The Labute approximate surface area is 170 Å². The predicted octanol–water partition coefficient (Wildman–Crippen LogP) is 4.31. The lowest BCUT2D eigenvalue weighted by Crippen LogP contribution is -2.30. The van der Waals surface area contributed by atoms with Crippen molar-refractivity contribution in [3.63, 3.8) is 0 Å². The highest BCUT2D eigenvalue weighted by atomic mass is 19.1. The van der Waals surface area contributed by atoms with E-state index in [2.05, 4.69) is 15.3 Å². The van der Waals surface area contributed by atoms with Crippen molar-refractivity contribution in [2.45, 2.75) is 32.4 Å². The summed E-state index contributed by atoms with van der Waals surface area (Å²) < 4.78 is 15.5. The Kier molecular flexibility index (Phi) is 6.00. The van der Waals surface area contributed by atoms with Gasteiger partial charge in [0, 0.05) is 23.9 Å². The fourth-order valence-electron chi connectivity index (χ4n) is 3.75. The molecule has 1 saturated heterocycles. The first kappa shape index (κ1) is 19.3. The molecular formula is C23H25FN4O. The van der Waals surface area contributed by atoms with Crippen LogP contribution >= 0.6 is 0 Å². The molecule has 1 aromatic heterocycles. The number of likely N-dealkylation sites (tertiary alicyclic amines) is 1. The summed E-state index contributed by atoms with van der Waals surface area (Å²) in [5.74, 6) is -0.414. The minimum absolute atomic E-state index is 0.150. The summed E-state index contributed by atoms with van der Waals surface area (Å²) in [6.07, 6.45) is 7.03. The molecule has 1 N–H and O–H groups in total. The van der Waals surface area contributed by atoms with Gasteiger partial charge in [-0.3, -0.25) is 14.4 Å². The molecule has 6 heteroatoms. The molecule has 5 nitrogen and oxygen atoms in total. The first-order valence-electron chi connectivity index (χ1n) is 10.1. The molecule has 2 aromatic carbocycles. The average Bonchev–Trinajstić information content (AvgIpc) is 3.17. The van der Waals surface area contributed by atoms with Gasteiger partial charge < -0.3 is 5.32 Å². The third-order valence-electron chi connectivity index (χ3n) is 5.29. The van der Waals surface area contributed by atoms with E-state index in [4.69, 9.17) is 0 Å². The molecule has 2 heterocycles. The van der Waals surface area contributed by atoms with Gasteiger partial charge in [-0.15, -0.1) is 0 Å². The van der Waals surface area contributed by atoms with Crippen LogP contribution in [-0.4, -0.2) is 33.7 Å². The first-order valence-corrected chi connectivity index (χ1v) is 10.1. The number of hydrogen-bond acceptors (Lipinski definition) is 3. The van der Waals surface area contributed by atoms with Crippen molar-refractivity contribution in [1.82, 2.24) is 14.7 Å². The number of aromatic nitrogens is 2. The highest BCUT2D eigenvalue weighted by molar-refractivity contribution is 6.05. The molecule has 0 saturated carbocycles. The van der Waals surface area contributed by atoms with Crippen LogP contribution in [-0.2, 0) is 13.1 Å². The van der Waals surface area contributed by atoms with Gasteiger partial charge in [-0.2, -0.15) is 5.10 Å². The number of anilines is 1. The van der Waals surface area contributed by atoms with Crippen LogP contribution in [0.3, 0.4) is 0 Å². The maximum atomic E-state index is 13.8. The highest BCUT2D eigenvalue weighted by Crippen LogP contribution is 2.18. The second-order valence-corrected chi connectivity index (χ2v) is 7.47. The zero-order valence-corrected chi connectivity index (χ0v) is 16.4. The van der Waals surface area contributed by atoms with E-state index in [0.29, 0.717) is 23.4 Å². The molecule has 1 aliphatic heterocycles. The fourth-order valence-corrected chi connectivity index (χ4v) is 3.75. The number of benzene rings is 2. The quantitative estimate of drug-likeness (QED) is 0.680. The normalized spacial score (nSPS) is 14.7. The van der Waals surface area contributed by atoms with E-state index in [9.17, 15) is 9.18 Å². The van der Waals surface area contributed by atoms with E-state index in [1.165, 1.54) is 25.3 Å². The van der Waals surface area contributed by atoms with Crippen LogP contribution in [0.1, 0.15) is 40.7 Å². The van der Waals surface area contributed by atoms with Crippen molar-refractivity contribution in [2.75, 3.05) is 18.4 Å². The van der Waals surface area contributed by atoms with Gasteiger partial charge in [-0.05, 0) is 43.6 Å². The van der Waals surface area contributed by atoms with Gasteiger partial charge in [0.05, 0.1) is 18.4 Å². The molecule has 0 radical (unpaired) electrons. The van der Waals surface area contributed by atoms with Gasteiger partial charge in [-0.1, -0.05) is 42.8 Å². The van der Waals surface area contributed by atoms with E-state index in [1.54, 1.807) is 35.3 Å². The number of nitrogens with zero attached hydrogens (tertiary/aromatic N) is 3. The lowest BCUT2D eigenvalue weighted by Gasteiger charge is -2.27. The van der Waals surface area contributed by atoms with Gasteiger partial charge >= 0.3 is 0 Å². The van der Waals surface area contributed by atoms with E-state index >= 15 is 0 Å². The Morgan fingerprint density at radius 3 is 2.48 bits per heavy atom. The highest BCUT2D eigenvalue weighted by Gasteiger charge is 2.16. The largest absolute Gasteiger partial charge is 0.319 e. The number of piperidine rings is 1. The van der Waals surface area contributed by atoms with Gasteiger partial charge in [-0.25, -0.2) is 4.39 Å². The number of rotatable bonds is 6. The van der Waals surface area contributed by atoms with Crippen LogP contribution in [0.15, 0.2) is 60.9 Å². The molecule has 0 bridgehead atoms. The van der Waals surface area contributed by atoms with Crippen molar-refractivity contribution in [1.29, 1.82) is 0 Å². The summed E-state index contributed by atoms with van der Waals surface area (Å²) in [5.41, 5.74) is 2.87. The van der Waals surface area contributed by atoms with Gasteiger partial charge in [0.25, 0.3) is 5.91 Å². The summed E-state index contributed by atoms with van der Waals surface area (Å²) in [6, 6.07) is 14.4. The topological polar surface area (TPSA) is 50.2 Å². The molecule has 1 fully saturated rings. The van der Waals surface area contributed by atoms with Crippen LogP contribution in [0.4, 0.5) is 10.1 Å². The van der Waals surface area contributed by atoms with Crippen LogP contribution in [0.2, 0.25) is 0 Å². The minimum atomic E-state index is -0.264.